The summed E-state index contributed by atoms with van der Waals surface area (Å²) in [6.45, 7) is 2.61. The van der Waals surface area contributed by atoms with Gasteiger partial charge in [-0.1, -0.05) is 6.07 Å². The van der Waals surface area contributed by atoms with Gasteiger partial charge in [-0.25, -0.2) is 0 Å². The molecule has 2 amide bonds. The molecule has 0 aliphatic rings. The van der Waals surface area contributed by atoms with Gasteiger partial charge in [0.25, 0.3) is 5.97 Å². The van der Waals surface area contributed by atoms with E-state index in [4.69, 9.17) is 15.6 Å². The molecule has 27 heavy (non-hydrogen) atoms. The van der Waals surface area contributed by atoms with E-state index in [2.05, 4.69) is 10.6 Å². The molecule has 0 aliphatic heterocycles. The Morgan fingerprint density at radius 2 is 1.56 bits per heavy atom. The van der Waals surface area contributed by atoms with Gasteiger partial charge in [0.2, 0.25) is 11.8 Å². The lowest BCUT2D eigenvalue weighted by Crippen LogP contribution is -2.27. The fourth-order valence-corrected chi connectivity index (χ4v) is 2.04. The van der Waals surface area contributed by atoms with E-state index >= 15 is 0 Å². The monoisotopic (exact) mass is 383 g/mol. The lowest BCUT2D eigenvalue weighted by atomic mass is 10.1. The Morgan fingerprint density at radius 3 is 2.07 bits per heavy atom. The fraction of sp³-hybridized carbons (Fsp3) is 0.500. The van der Waals surface area contributed by atoms with E-state index in [1.807, 2.05) is 0 Å². The second-order valence-corrected chi connectivity index (χ2v) is 5.81. The lowest BCUT2D eigenvalue weighted by molar-refractivity contribution is -0.134. The molecule has 1 rings (SSSR count). The van der Waals surface area contributed by atoms with Crippen molar-refractivity contribution in [2.75, 3.05) is 19.6 Å². The number of amides is 2. The first-order chi connectivity index (χ1) is 12.8. The van der Waals surface area contributed by atoms with Crippen molar-refractivity contribution in [1.82, 2.24) is 10.6 Å². The number of aromatic hydroxyl groups is 2. The topological polar surface area (TPSA) is 162 Å². The summed E-state index contributed by atoms with van der Waals surface area (Å²) in [6.07, 6.45) is 2.99. The quantitative estimate of drug-likeness (QED) is 0.320. The van der Waals surface area contributed by atoms with Crippen molar-refractivity contribution < 1.29 is 29.7 Å². The molecule has 0 atom stereocenters. The Kier molecular flexibility index (Phi) is 12.9. The molecule has 0 saturated heterocycles. The highest BCUT2D eigenvalue weighted by Crippen LogP contribution is 2.22. The number of nitrogens with one attached hydrogen (secondary N) is 2. The first kappa shape index (κ1) is 24.2. The SMILES string of the molecule is CC(=O)O.NCCC(=O)NCCCCCNC(=O)Cc1ccc(O)cc1O. The number of carboxylic acid groups (broad SMARTS) is 1. The first-order valence-corrected chi connectivity index (χ1v) is 8.70. The van der Waals surface area contributed by atoms with Crippen LogP contribution in [0.4, 0.5) is 0 Å². The molecule has 0 radical (unpaired) electrons. The van der Waals surface area contributed by atoms with E-state index in [9.17, 15) is 19.8 Å². The molecule has 0 fully saturated rings. The maximum absolute atomic E-state index is 11.7. The van der Waals surface area contributed by atoms with Crippen molar-refractivity contribution in [3.63, 3.8) is 0 Å². The predicted octanol–water partition coefficient (Wildman–Crippen LogP) is 0.483. The zero-order valence-corrected chi connectivity index (χ0v) is 15.5. The van der Waals surface area contributed by atoms with Crippen LogP contribution in [0.1, 0.15) is 38.2 Å². The van der Waals surface area contributed by atoms with Gasteiger partial charge >= 0.3 is 0 Å². The molecular weight excluding hydrogens is 354 g/mol. The smallest absolute Gasteiger partial charge is 0.300 e. The number of carboxylic acids is 1. The molecule has 0 spiro atoms. The molecule has 1 aromatic rings. The third-order valence-corrected chi connectivity index (χ3v) is 3.29. The van der Waals surface area contributed by atoms with Crippen molar-refractivity contribution in [2.45, 2.75) is 39.0 Å². The number of unbranched alkanes of at least 4 members (excludes halogenated alkanes) is 2. The fourth-order valence-electron chi connectivity index (χ4n) is 2.04. The third kappa shape index (κ3) is 14.1. The van der Waals surface area contributed by atoms with Crippen molar-refractivity contribution in [1.29, 1.82) is 0 Å². The highest BCUT2D eigenvalue weighted by molar-refractivity contribution is 5.79. The molecular formula is C18H29N3O6. The zero-order chi connectivity index (χ0) is 20.7. The van der Waals surface area contributed by atoms with Gasteiger partial charge in [-0.2, -0.15) is 0 Å². The molecule has 0 unspecified atom stereocenters. The maximum atomic E-state index is 11.7. The molecule has 0 aromatic heterocycles. The summed E-state index contributed by atoms with van der Waals surface area (Å²) in [5, 5.41) is 31.8. The minimum Gasteiger partial charge on any atom is -0.508 e. The van der Waals surface area contributed by atoms with Crippen LogP contribution >= 0.6 is 0 Å². The molecule has 0 heterocycles. The van der Waals surface area contributed by atoms with Crippen LogP contribution in [0.3, 0.4) is 0 Å². The van der Waals surface area contributed by atoms with Crippen molar-refractivity contribution in [3.05, 3.63) is 23.8 Å². The number of phenolic OH excluding ortho intramolecular Hbond substituents is 2. The Bertz CT molecular complexity index is 603. The first-order valence-electron chi connectivity index (χ1n) is 8.70. The van der Waals surface area contributed by atoms with E-state index in [1.165, 1.54) is 18.2 Å². The Labute approximate surface area is 158 Å². The number of carbonyl (C=O) groups is 3. The van der Waals surface area contributed by atoms with Gasteiger partial charge in [0, 0.05) is 44.6 Å². The summed E-state index contributed by atoms with van der Waals surface area (Å²) < 4.78 is 0. The number of rotatable bonds is 10. The van der Waals surface area contributed by atoms with Crippen LogP contribution in [0.15, 0.2) is 18.2 Å². The molecule has 152 valence electrons. The minimum atomic E-state index is -0.833. The molecule has 9 heteroatoms. The highest BCUT2D eigenvalue weighted by Gasteiger charge is 2.07. The molecule has 1 aromatic carbocycles. The van der Waals surface area contributed by atoms with Crippen LogP contribution in [0.25, 0.3) is 0 Å². The van der Waals surface area contributed by atoms with Gasteiger partial charge in [-0.3, -0.25) is 14.4 Å². The summed E-state index contributed by atoms with van der Waals surface area (Å²) in [7, 11) is 0. The molecule has 7 N–H and O–H groups in total. The summed E-state index contributed by atoms with van der Waals surface area (Å²) >= 11 is 0. The molecule has 9 nitrogen and oxygen atoms in total. The van der Waals surface area contributed by atoms with Crippen LogP contribution in [0, 0.1) is 0 Å². The van der Waals surface area contributed by atoms with Gasteiger partial charge in [-0.15, -0.1) is 0 Å². The number of carbonyl (C=O) groups excluding carboxylic acids is 2. The second kappa shape index (κ2) is 14.4. The van der Waals surface area contributed by atoms with E-state index in [0.717, 1.165) is 26.2 Å². The number of nitrogens with two attached hydrogens (primary N) is 1. The van der Waals surface area contributed by atoms with E-state index in [0.29, 0.717) is 31.6 Å². The zero-order valence-electron chi connectivity index (χ0n) is 15.5. The summed E-state index contributed by atoms with van der Waals surface area (Å²) in [4.78, 5) is 31.9. The van der Waals surface area contributed by atoms with E-state index in [-0.39, 0.29) is 29.7 Å². The van der Waals surface area contributed by atoms with Gasteiger partial charge in [0.15, 0.2) is 0 Å². The van der Waals surface area contributed by atoms with Gasteiger partial charge in [0.1, 0.15) is 11.5 Å². The van der Waals surface area contributed by atoms with E-state index < -0.39 is 5.97 Å². The molecule has 0 aliphatic carbocycles. The lowest BCUT2D eigenvalue weighted by Gasteiger charge is -2.07. The van der Waals surface area contributed by atoms with Crippen LogP contribution in [0.2, 0.25) is 0 Å². The standard InChI is InChI=1S/C16H25N3O4.C2H4O2/c17-7-6-15(22)18-8-2-1-3-9-19-16(23)10-12-4-5-13(20)11-14(12)21;1-2(3)4/h4-5,11,20-21H,1-3,6-10,17H2,(H,18,22)(H,19,23);1H3,(H,3,4). The number of hydrogen-bond acceptors (Lipinski definition) is 6. The highest BCUT2D eigenvalue weighted by atomic mass is 16.4. The summed E-state index contributed by atoms with van der Waals surface area (Å²) in [5.74, 6) is -1.17. The normalized spacial score (nSPS) is 9.70. The maximum Gasteiger partial charge on any atom is 0.300 e. The van der Waals surface area contributed by atoms with Gasteiger partial charge < -0.3 is 31.7 Å². The van der Waals surface area contributed by atoms with Crippen molar-refractivity contribution in [3.8, 4) is 11.5 Å². The Hall–Kier alpha value is -2.81. The minimum absolute atomic E-state index is 0.0329. The summed E-state index contributed by atoms with van der Waals surface area (Å²) in [6, 6.07) is 4.16. The van der Waals surface area contributed by atoms with Gasteiger partial charge in [-0.05, 0) is 25.3 Å². The number of phenols is 2. The molecule has 0 bridgehead atoms. The van der Waals surface area contributed by atoms with Gasteiger partial charge in [0.05, 0.1) is 6.42 Å². The second-order valence-electron chi connectivity index (χ2n) is 5.81. The number of hydrogen-bond donors (Lipinski definition) is 6. The number of aliphatic carboxylic acids is 1. The van der Waals surface area contributed by atoms with E-state index in [1.54, 1.807) is 0 Å². The summed E-state index contributed by atoms with van der Waals surface area (Å²) in [5.41, 5.74) is 5.75. The van der Waals surface area contributed by atoms with Crippen molar-refractivity contribution >= 4 is 17.8 Å². The van der Waals surface area contributed by atoms with Crippen molar-refractivity contribution in [2.24, 2.45) is 5.73 Å². The van der Waals surface area contributed by atoms with Crippen LogP contribution in [-0.2, 0) is 20.8 Å². The Balaban J connectivity index is 0.00000153. The average molecular weight is 383 g/mol. The average Bonchev–Trinajstić information content (AvgIpc) is 2.56. The Morgan fingerprint density at radius 1 is 1.00 bits per heavy atom. The molecule has 0 saturated carbocycles. The van der Waals surface area contributed by atoms with Crippen LogP contribution < -0.4 is 16.4 Å². The van der Waals surface area contributed by atoms with Crippen LogP contribution in [0.5, 0.6) is 11.5 Å². The third-order valence-electron chi connectivity index (χ3n) is 3.29. The van der Waals surface area contributed by atoms with Crippen LogP contribution in [-0.4, -0.2) is 52.7 Å². The predicted molar refractivity (Wildman–Crippen MR) is 100 cm³/mol. The number of benzene rings is 1. The largest absolute Gasteiger partial charge is 0.508 e.